The quantitative estimate of drug-likeness (QED) is 0.585. The number of carbonyl (C=O) groups excluding carboxylic acids is 4. The lowest BCUT2D eigenvalue weighted by Gasteiger charge is -1.99. The molecule has 0 aliphatic carbocycles. The third-order valence-corrected chi connectivity index (χ3v) is 3.10. The van der Waals surface area contributed by atoms with Crippen LogP contribution in [0.25, 0.3) is 0 Å². The number of esters is 2. The molecule has 0 saturated carbocycles. The molecule has 2 atom stereocenters. The van der Waals surface area contributed by atoms with Gasteiger partial charge in [0.1, 0.15) is 23.4 Å². The zero-order valence-corrected chi connectivity index (χ0v) is 11.1. The molecule has 0 N–H and O–H groups in total. The van der Waals surface area contributed by atoms with Gasteiger partial charge in [-0.05, 0) is 6.92 Å². The Bertz CT molecular complexity index is 388. The van der Waals surface area contributed by atoms with E-state index < -0.39 is 11.8 Å². The molecule has 2 rings (SSSR count). The molecule has 2 saturated heterocycles. The van der Waals surface area contributed by atoms with Crippen molar-refractivity contribution in [3.63, 3.8) is 0 Å². The van der Waals surface area contributed by atoms with E-state index in [1.807, 2.05) is 0 Å². The average Bonchev–Trinajstić information content (AvgIpc) is 2.97. The molecule has 122 valence electrons. The zero-order valence-electron chi connectivity index (χ0n) is 11.1. The van der Waals surface area contributed by atoms with E-state index in [1.54, 1.807) is 6.92 Å². The highest BCUT2D eigenvalue weighted by Crippen LogP contribution is 2.16. The lowest BCUT2D eigenvalue weighted by atomic mass is 10.0. The first-order chi connectivity index (χ1) is 8.97. The van der Waals surface area contributed by atoms with Crippen molar-refractivity contribution in [2.75, 3.05) is 13.2 Å². The Hall–Kier alpha value is -1.72. The Morgan fingerprint density at radius 2 is 1.43 bits per heavy atom. The van der Waals surface area contributed by atoms with Gasteiger partial charge in [-0.15, -0.1) is 0 Å². The fraction of sp³-hybridized carbons (Fsp3) is 0.733. The summed E-state index contributed by atoms with van der Waals surface area (Å²) in [5, 5.41) is 0. The van der Waals surface area contributed by atoms with Crippen LogP contribution in [0.3, 0.4) is 0 Å². The van der Waals surface area contributed by atoms with Crippen LogP contribution in [0.15, 0.2) is 0 Å². The number of cyclic esters (lactones) is 2. The molecular formula is C15H26O6. The summed E-state index contributed by atoms with van der Waals surface area (Å²) in [6, 6.07) is 0. The van der Waals surface area contributed by atoms with Crippen LogP contribution < -0.4 is 0 Å². The smallest absolute Gasteiger partial charge is 0.316 e. The number of Topliss-reactive ketones (excluding diaryl/α,β-unsaturated/α-hetero) is 2. The third kappa shape index (κ3) is 6.06. The fourth-order valence-electron chi connectivity index (χ4n) is 1.90. The van der Waals surface area contributed by atoms with Crippen LogP contribution in [0, 0.1) is 11.8 Å². The minimum Gasteiger partial charge on any atom is -0.465 e. The SMILES string of the molecule is C.C.CC(=O)C1CCOC1=O.CCC(=O)C1CCOC1=O. The normalized spacial score (nSPS) is 22.8. The number of hydrogen-bond acceptors (Lipinski definition) is 6. The van der Waals surface area contributed by atoms with E-state index in [0.717, 1.165) is 0 Å². The zero-order chi connectivity index (χ0) is 14.4. The highest BCUT2D eigenvalue weighted by molar-refractivity contribution is 5.99. The minimum atomic E-state index is -0.468. The Morgan fingerprint density at radius 3 is 1.67 bits per heavy atom. The van der Waals surface area contributed by atoms with Crippen LogP contribution in [-0.4, -0.2) is 36.7 Å². The van der Waals surface area contributed by atoms with E-state index in [0.29, 0.717) is 32.5 Å². The summed E-state index contributed by atoms with van der Waals surface area (Å²) >= 11 is 0. The largest absolute Gasteiger partial charge is 0.465 e. The highest BCUT2D eigenvalue weighted by atomic mass is 16.5. The Labute approximate surface area is 126 Å². The summed E-state index contributed by atoms with van der Waals surface area (Å²) in [4.78, 5) is 42.8. The number of ketones is 2. The van der Waals surface area contributed by atoms with E-state index in [1.165, 1.54) is 6.92 Å². The van der Waals surface area contributed by atoms with Gasteiger partial charge in [0.05, 0.1) is 13.2 Å². The first-order valence-electron chi connectivity index (χ1n) is 6.33. The molecule has 6 nitrogen and oxygen atoms in total. The maximum atomic E-state index is 10.9. The topological polar surface area (TPSA) is 86.7 Å². The summed E-state index contributed by atoms with van der Waals surface area (Å²) in [5.74, 6) is -1.70. The van der Waals surface area contributed by atoms with E-state index in [4.69, 9.17) is 0 Å². The maximum absolute atomic E-state index is 10.9. The molecule has 0 bridgehead atoms. The molecule has 0 aromatic heterocycles. The van der Waals surface area contributed by atoms with Crippen LogP contribution >= 0.6 is 0 Å². The lowest BCUT2D eigenvalue weighted by Crippen LogP contribution is -2.17. The van der Waals surface area contributed by atoms with Crippen LogP contribution in [0.4, 0.5) is 0 Å². The van der Waals surface area contributed by atoms with Gasteiger partial charge in [0.15, 0.2) is 0 Å². The molecule has 2 aliphatic rings. The van der Waals surface area contributed by atoms with Gasteiger partial charge in [0.2, 0.25) is 0 Å². The number of ether oxygens (including phenoxy) is 2. The van der Waals surface area contributed by atoms with Crippen LogP contribution in [-0.2, 0) is 28.7 Å². The van der Waals surface area contributed by atoms with E-state index in [2.05, 4.69) is 9.47 Å². The minimum absolute atomic E-state index is 0. The van der Waals surface area contributed by atoms with Crippen molar-refractivity contribution in [1.29, 1.82) is 0 Å². The molecule has 2 fully saturated rings. The molecule has 0 aromatic rings. The summed E-state index contributed by atoms with van der Waals surface area (Å²) in [6.07, 6.45) is 1.57. The van der Waals surface area contributed by atoms with Gasteiger partial charge >= 0.3 is 11.9 Å². The van der Waals surface area contributed by atoms with Gasteiger partial charge < -0.3 is 9.47 Å². The van der Waals surface area contributed by atoms with Gasteiger partial charge in [-0.25, -0.2) is 0 Å². The number of carbonyl (C=O) groups is 4. The predicted octanol–water partition coefficient (Wildman–Crippen LogP) is 1.94. The molecular weight excluding hydrogens is 276 g/mol. The van der Waals surface area contributed by atoms with Gasteiger partial charge in [0.25, 0.3) is 0 Å². The molecule has 0 radical (unpaired) electrons. The monoisotopic (exact) mass is 302 g/mol. The van der Waals surface area contributed by atoms with E-state index >= 15 is 0 Å². The second-order valence-corrected chi connectivity index (χ2v) is 4.45. The molecule has 0 aromatic carbocycles. The summed E-state index contributed by atoms with van der Waals surface area (Å²) in [7, 11) is 0. The molecule has 6 heteroatoms. The summed E-state index contributed by atoms with van der Waals surface area (Å²) in [5.41, 5.74) is 0. The first kappa shape index (κ1) is 21.6. The molecule has 0 spiro atoms. The average molecular weight is 302 g/mol. The fourth-order valence-corrected chi connectivity index (χ4v) is 1.90. The number of rotatable bonds is 3. The summed E-state index contributed by atoms with van der Waals surface area (Å²) in [6.45, 7) is 3.99. The molecule has 21 heavy (non-hydrogen) atoms. The van der Waals surface area contributed by atoms with Crippen molar-refractivity contribution in [3.8, 4) is 0 Å². The first-order valence-corrected chi connectivity index (χ1v) is 6.33. The molecule has 2 aliphatic heterocycles. The Balaban J connectivity index is 0. The molecule has 0 amide bonds. The second kappa shape index (κ2) is 10.1. The Kier molecular flexibility index (Phi) is 10.3. The van der Waals surface area contributed by atoms with Gasteiger partial charge in [-0.3, -0.25) is 19.2 Å². The van der Waals surface area contributed by atoms with E-state index in [-0.39, 0.29) is 38.4 Å². The molecule has 2 heterocycles. The molecule has 2 unspecified atom stereocenters. The van der Waals surface area contributed by atoms with Gasteiger partial charge in [-0.1, -0.05) is 21.8 Å². The Morgan fingerprint density at radius 1 is 1.00 bits per heavy atom. The van der Waals surface area contributed by atoms with Crippen molar-refractivity contribution in [2.45, 2.75) is 48.0 Å². The predicted molar refractivity (Wildman–Crippen MR) is 77.6 cm³/mol. The van der Waals surface area contributed by atoms with Gasteiger partial charge in [-0.2, -0.15) is 0 Å². The van der Waals surface area contributed by atoms with Crippen molar-refractivity contribution in [2.24, 2.45) is 11.8 Å². The van der Waals surface area contributed by atoms with Crippen molar-refractivity contribution >= 4 is 23.5 Å². The van der Waals surface area contributed by atoms with Crippen molar-refractivity contribution in [1.82, 2.24) is 0 Å². The van der Waals surface area contributed by atoms with Crippen molar-refractivity contribution in [3.05, 3.63) is 0 Å². The van der Waals surface area contributed by atoms with Crippen LogP contribution in [0.1, 0.15) is 48.0 Å². The van der Waals surface area contributed by atoms with E-state index in [9.17, 15) is 19.2 Å². The maximum Gasteiger partial charge on any atom is 0.316 e. The lowest BCUT2D eigenvalue weighted by molar-refractivity contribution is -0.145. The highest BCUT2D eigenvalue weighted by Gasteiger charge is 2.31. The third-order valence-electron chi connectivity index (χ3n) is 3.10. The van der Waals surface area contributed by atoms with Crippen LogP contribution in [0.5, 0.6) is 0 Å². The second-order valence-electron chi connectivity index (χ2n) is 4.45. The standard InChI is InChI=1S/C7H10O3.C6H8O3.2CH4/c1-2-6(8)5-3-4-10-7(5)9;1-4(7)5-2-3-9-6(5)8;;/h5H,2-4H2,1H3;5H,2-3H2,1H3;2*1H4. The van der Waals surface area contributed by atoms with Crippen LogP contribution in [0.2, 0.25) is 0 Å². The number of hydrogen-bond donors (Lipinski definition) is 0. The van der Waals surface area contributed by atoms with Gasteiger partial charge in [0, 0.05) is 19.3 Å². The summed E-state index contributed by atoms with van der Waals surface area (Å²) < 4.78 is 9.20. The van der Waals surface area contributed by atoms with Crippen molar-refractivity contribution < 1.29 is 28.7 Å².